The van der Waals surface area contributed by atoms with Crippen molar-refractivity contribution in [1.29, 1.82) is 5.26 Å². The Morgan fingerprint density at radius 1 is 1.58 bits per heavy atom. The van der Waals surface area contributed by atoms with Gasteiger partial charge < -0.3 is 10.4 Å². The van der Waals surface area contributed by atoms with Crippen molar-refractivity contribution < 1.29 is 5.11 Å². The van der Waals surface area contributed by atoms with E-state index in [4.69, 9.17) is 10.4 Å². The minimum absolute atomic E-state index is 0.0216. The van der Waals surface area contributed by atoms with Gasteiger partial charge in [0.25, 0.3) is 0 Å². The first-order valence-corrected chi connectivity index (χ1v) is 5.26. The third kappa shape index (κ3) is 6.47. The SMILES string of the molecule is CNC(C#N)CCSCCCO. The Kier molecular flexibility index (Phi) is 8.68. The summed E-state index contributed by atoms with van der Waals surface area (Å²) in [6.07, 6.45) is 1.73. The van der Waals surface area contributed by atoms with Crippen LogP contribution in [0.2, 0.25) is 0 Å². The monoisotopic (exact) mass is 188 g/mol. The van der Waals surface area contributed by atoms with E-state index in [-0.39, 0.29) is 12.6 Å². The quantitative estimate of drug-likeness (QED) is 0.575. The zero-order chi connectivity index (χ0) is 9.23. The highest BCUT2D eigenvalue weighted by Crippen LogP contribution is 2.05. The summed E-state index contributed by atoms with van der Waals surface area (Å²) in [5.41, 5.74) is 0. The highest BCUT2D eigenvalue weighted by Gasteiger charge is 2.01. The molecule has 0 aromatic heterocycles. The molecule has 4 heteroatoms. The van der Waals surface area contributed by atoms with Crippen LogP contribution in [0.4, 0.5) is 0 Å². The van der Waals surface area contributed by atoms with Crippen LogP contribution in [0.5, 0.6) is 0 Å². The largest absolute Gasteiger partial charge is 0.396 e. The second-order valence-corrected chi connectivity index (χ2v) is 3.67. The minimum atomic E-state index is -0.0216. The number of rotatable bonds is 7. The average Bonchev–Trinajstić information content (AvgIpc) is 2.11. The molecule has 0 amide bonds. The maximum Gasteiger partial charge on any atom is 0.0958 e. The van der Waals surface area contributed by atoms with Gasteiger partial charge in [0.2, 0.25) is 0 Å². The summed E-state index contributed by atoms with van der Waals surface area (Å²) in [5, 5.41) is 20.0. The number of nitriles is 1. The number of hydrogen-bond acceptors (Lipinski definition) is 4. The van der Waals surface area contributed by atoms with E-state index < -0.39 is 0 Å². The van der Waals surface area contributed by atoms with Gasteiger partial charge in [0.05, 0.1) is 12.1 Å². The molecular weight excluding hydrogens is 172 g/mol. The van der Waals surface area contributed by atoms with Crippen LogP contribution in [0.25, 0.3) is 0 Å². The van der Waals surface area contributed by atoms with Crippen LogP contribution < -0.4 is 5.32 Å². The number of nitrogens with zero attached hydrogens (tertiary/aromatic N) is 1. The van der Waals surface area contributed by atoms with E-state index in [1.54, 1.807) is 18.8 Å². The molecule has 0 heterocycles. The summed E-state index contributed by atoms with van der Waals surface area (Å²) in [5.74, 6) is 1.97. The van der Waals surface area contributed by atoms with Crippen molar-refractivity contribution in [2.24, 2.45) is 0 Å². The third-order valence-electron chi connectivity index (χ3n) is 1.50. The summed E-state index contributed by atoms with van der Waals surface area (Å²) < 4.78 is 0. The van der Waals surface area contributed by atoms with Crippen LogP contribution in [0.1, 0.15) is 12.8 Å². The smallest absolute Gasteiger partial charge is 0.0958 e. The molecule has 0 aromatic rings. The second-order valence-electron chi connectivity index (χ2n) is 2.45. The topological polar surface area (TPSA) is 56.0 Å². The molecule has 12 heavy (non-hydrogen) atoms. The molecule has 0 radical (unpaired) electrons. The highest BCUT2D eigenvalue weighted by atomic mass is 32.2. The van der Waals surface area contributed by atoms with Gasteiger partial charge in [-0.3, -0.25) is 0 Å². The number of hydrogen-bond donors (Lipinski definition) is 2. The number of nitrogens with one attached hydrogen (secondary N) is 1. The second kappa shape index (κ2) is 8.85. The maximum atomic E-state index is 8.57. The van der Waals surface area contributed by atoms with Gasteiger partial charge in [-0.25, -0.2) is 0 Å². The van der Waals surface area contributed by atoms with Crippen molar-refractivity contribution in [3.05, 3.63) is 0 Å². The molecular formula is C8H16N2OS. The van der Waals surface area contributed by atoms with Crippen molar-refractivity contribution >= 4 is 11.8 Å². The molecule has 0 saturated carbocycles. The van der Waals surface area contributed by atoms with Gasteiger partial charge in [0.15, 0.2) is 0 Å². The van der Waals surface area contributed by atoms with Gasteiger partial charge in [-0.05, 0) is 31.4 Å². The Hall–Kier alpha value is -0.240. The van der Waals surface area contributed by atoms with E-state index in [0.29, 0.717) is 0 Å². The maximum absolute atomic E-state index is 8.57. The predicted molar refractivity (Wildman–Crippen MR) is 52.1 cm³/mol. The number of aliphatic hydroxyl groups excluding tert-OH is 1. The van der Waals surface area contributed by atoms with E-state index in [1.807, 2.05) is 0 Å². The van der Waals surface area contributed by atoms with E-state index in [2.05, 4.69) is 11.4 Å². The lowest BCUT2D eigenvalue weighted by Gasteiger charge is -2.05. The van der Waals surface area contributed by atoms with Crippen molar-refractivity contribution in [2.75, 3.05) is 25.2 Å². The van der Waals surface area contributed by atoms with Crippen LogP contribution >= 0.6 is 11.8 Å². The fourth-order valence-corrected chi connectivity index (χ4v) is 1.68. The fraction of sp³-hybridized carbons (Fsp3) is 0.875. The number of thioether (sulfide) groups is 1. The molecule has 0 fully saturated rings. The van der Waals surface area contributed by atoms with E-state index in [1.165, 1.54) is 0 Å². The molecule has 70 valence electrons. The van der Waals surface area contributed by atoms with Crippen molar-refractivity contribution in [3.63, 3.8) is 0 Å². The van der Waals surface area contributed by atoms with Crippen LogP contribution in [-0.2, 0) is 0 Å². The van der Waals surface area contributed by atoms with Gasteiger partial charge in [0.1, 0.15) is 0 Å². The normalized spacial score (nSPS) is 12.4. The predicted octanol–water partition coefficient (Wildman–Crippen LogP) is 0.604. The molecule has 1 unspecified atom stereocenters. The van der Waals surface area contributed by atoms with Crippen LogP contribution in [0, 0.1) is 11.3 Å². The summed E-state index contributed by atoms with van der Waals surface area (Å²) in [4.78, 5) is 0. The van der Waals surface area contributed by atoms with Crippen molar-refractivity contribution in [3.8, 4) is 6.07 Å². The molecule has 0 spiro atoms. The minimum Gasteiger partial charge on any atom is -0.396 e. The first kappa shape index (κ1) is 11.8. The number of aliphatic hydroxyl groups is 1. The highest BCUT2D eigenvalue weighted by molar-refractivity contribution is 7.99. The van der Waals surface area contributed by atoms with Crippen molar-refractivity contribution in [1.82, 2.24) is 5.32 Å². The zero-order valence-corrected chi connectivity index (χ0v) is 8.23. The molecule has 0 bridgehead atoms. The molecule has 3 nitrogen and oxygen atoms in total. The fourth-order valence-electron chi connectivity index (χ4n) is 0.743. The Balaban J connectivity index is 3.13. The van der Waals surface area contributed by atoms with E-state index >= 15 is 0 Å². The molecule has 0 aliphatic carbocycles. The molecule has 0 aromatic carbocycles. The zero-order valence-electron chi connectivity index (χ0n) is 7.42. The summed E-state index contributed by atoms with van der Waals surface area (Å²) in [7, 11) is 1.80. The average molecular weight is 188 g/mol. The molecule has 0 rings (SSSR count). The first-order valence-electron chi connectivity index (χ1n) is 4.10. The van der Waals surface area contributed by atoms with E-state index in [9.17, 15) is 0 Å². The van der Waals surface area contributed by atoms with Crippen LogP contribution in [0.3, 0.4) is 0 Å². The van der Waals surface area contributed by atoms with E-state index in [0.717, 1.165) is 24.3 Å². The first-order chi connectivity index (χ1) is 5.85. The lowest BCUT2D eigenvalue weighted by Crippen LogP contribution is -2.23. The Morgan fingerprint density at radius 2 is 2.33 bits per heavy atom. The van der Waals surface area contributed by atoms with Gasteiger partial charge in [0, 0.05) is 6.61 Å². The third-order valence-corrected chi connectivity index (χ3v) is 2.60. The molecule has 2 N–H and O–H groups in total. The molecule has 0 aliphatic heterocycles. The van der Waals surface area contributed by atoms with Crippen LogP contribution in [0.15, 0.2) is 0 Å². The van der Waals surface area contributed by atoms with Crippen LogP contribution in [-0.4, -0.2) is 36.3 Å². The lowest BCUT2D eigenvalue weighted by atomic mass is 10.3. The Bertz CT molecular complexity index is 136. The summed E-state index contributed by atoms with van der Waals surface area (Å²) in [6, 6.07) is 2.15. The molecule has 0 saturated heterocycles. The van der Waals surface area contributed by atoms with Gasteiger partial charge in [-0.1, -0.05) is 0 Å². The van der Waals surface area contributed by atoms with Gasteiger partial charge >= 0.3 is 0 Å². The summed E-state index contributed by atoms with van der Waals surface area (Å²) in [6.45, 7) is 0.265. The standard InChI is InChI=1S/C8H16N2OS/c1-10-8(7-9)3-6-12-5-2-4-11/h8,10-11H,2-6H2,1H3. The Morgan fingerprint density at radius 3 is 2.83 bits per heavy atom. The Labute approximate surface area is 78.2 Å². The molecule has 0 aliphatic rings. The lowest BCUT2D eigenvalue weighted by molar-refractivity contribution is 0.296. The van der Waals surface area contributed by atoms with Gasteiger partial charge in [-0.15, -0.1) is 0 Å². The van der Waals surface area contributed by atoms with Crippen molar-refractivity contribution in [2.45, 2.75) is 18.9 Å². The van der Waals surface area contributed by atoms with Gasteiger partial charge in [-0.2, -0.15) is 17.0 Å². The molecule has 1 atom stereocenters. The summed E-state index contributed by atoms with van der Waals surface area (Å²) >= 11 is 1.79.